The number of hydrogen-bond acceptors (Lipinski definition) is 3. The zero-order chi connectivity index (χ0) is 11.8. The van der Waals surface area contributed by atoms with Crippen LogP contribution in [-0.4, -0.2) is 40.4 Å². The monoisotopic (exact) mass is 233 g/mol. The number of β-amino-alcohol motifs (C(OH)–C–C–N with tert-alkyl or cyclic N) is 2. The number of likely N-dealkylation sites (tertiary alicyclic amines) is 1. The molecule has 2 aliphatic rings. The maximum Gasteiger partial charge on any atom is 0.0938 e. The molecule has 0 unspecified atom stereocenters. The molecule has 2 N–H and O–H groups in total. The van der Waals surface area contributed by atoms with E-state index in [0.29, 0.717) is 13.1 Å². The summed E-state index contributed by atoms with van der Waals surface area (Å²) in [4.78, 5) is 2.12. The first-order chi connectivity index (χ1) is 8.22. The van der Waals surface area contributed by atoms with Gasteiger partial charge < -0.3 is 10.2 Å². The summed E-state index contributed by atoms with van der Waals surface area (Å²) in [6, 6.07) is 6.71. The van der Waals surface area contributed by atoms with Crippen molar-refractivity contribution in [2.24, 2.45) is 0 Å². The summed E-state index contributed by atoms with van der Waals surface area (Å²) in [7, 11) is 0. The fourth-order valence-corrected chi connectivity index (χ4v) is 2.96. The minimum Gasteiger partial charge on any atom is -0.389 e. The Bertz CT molecular complexity index is 409. The number of fused-ring (bicyclic) bond motifs is 1. The largest absolute Gasteiger partial charge is 0.389 e. The van der Waals surface area contributed by atoms with Crippen molar-refractivity contribution in [3.63, 3.8) is 0 Å². The van der Waals surface area contributed by atoms with Gasteiger partial charge >= 0.3 is 0 Å². The predicted octanol–water partition coefficient (Wildman–Crippen LogP) is 0.713. The van der Waals surface area contributed by atoms with Gasteiger partial charge in [0.1, 0.15) is 0 Å². The first-order valence-electron chi connectivity index (χ1n) is 6.41. The van der Waals surface area contributed by atoms with Gasteiger partial charge in [0, 0.05) is 19.6 Å². The Balaban J connectivity index is 1.69. The zero-order valence-corrected chi connectivity index (χ0v) is 9.97. The highest BCUT2D eigenvalue weighted by Crippen LogP contribution is 2.24. The second-order valence-electron chi connectivity index (χ2n) is 5.29. The molecule has 92 valence electrons. The Morgan fingerprint density at radius 2 is 1.76 bits per heavy atom. The molecule has 1 fully saturated rings. The van der Waals surface area contributed by atoms with Crippen LogP contribution in [0, 0.1) is 0 Å². The van der Waals surface area contributed by atoms with E-state index in [4.69, 9.17) is 0 Å². The molecule has 1 aromatic rings. The lowest BCUT2D eigenvalue weighted by Gasteiger charge is -2.15. The lowest BCUT2D eigenvalue weighted by atomic mass is 10.1. The van der Waals surface area contributed by atoms with Crippen molar-refractivity contribution in [2.45, 2.75) is 38.0 Å². The number of hydrogen-bond donors (Lipinski definition) is 2. The van der Waals surface area contributed by atoms with E-state index >= 15 is 0 Å². The molecule has 0 bridgehead atoms. The van der Waals surface area contributed by atoms with Crippen LogP contribution in [0.15, 0.2) is 18.2 Å². The molecular formula is C14H19NO2. The second-order valence-corrected chi connectivity index (χ2v) is 5.29. The summed E-state index contributed by atoms with van der Waals surface area (Å²) in [5.41, 5.74) is 4.28. The zero-order valence-electron chi connectivity index (χ0n) is 9.97. The van der Waals surface area contributed by atoms with Crippen LogP contribution >= 0.6 is 0 Å². The van der Waals surface area contributed by atoms with E-state index in [1.54, 1.807) is 0 Å². The van der Waals surface area contributed by atoms with Gasteiger partial charge in [0.15, 0.2) is 0 Å². The number of aliphatic hydroxyl groups excluding tert-OH is 2. The molecule has 3 nitrogen and oxygen atoms in total. The van der Waals surface area contributed by atoms with Gasteiger partial charge in [-0.2, -0.15) is 0 Å². The lowest BCUT2D eigenvalue weighted by molar-refractivity contribution is 0.0572. The molecule has 1 aromatic carbocycles. The predicted molar refractivity (Wildman–Crippen MR) is 65.8 cm³/mol. The minimum absolute atomic E-state index is 0.579. The quantitative estimate of drug-likeness (QED) is 0.791. The van der Waals surface area contributed by atoms with E-state index in [2.05, 4.69) is 23.1 Å². The summed E-state index contributed by atoms with van der Waals surface area (Å²) < 4.78 is 0. The Morgan fingerprint density at radius 1 is 1.06 bits per heavy atom. The molecule has 3 rings (SSSR count). The summed E-state index contributed by atoms with van der Waals surface area (Å²) in [5.74, 6) is 0. The fourth-order valence-electron chi connectivity index (χ4n) is 2.96. The van der Waals surface area contributed by atoms with Gasteiger partial charge in [-0.05, 0) is 36.0 Å². The molecule has 0 radical (unpaired) electrons. The highest BCUT2D eigenvalue weighted by molar-refractivity contribution is 5.35. The van der Waals surface area contributed by atoms with Crippen molar-refractivity contribution in [3.8, 4) is 0 Å². The number of rotatable bonds is 2. The van der Waals surface area contributed by atoms with E-state index in [1.165, 1.54) is 36.0 Å². The third kappa shape index (κ3) is 2.23. The van der Waals surface area contributed by atoms with Crippen LogP contribution in [0.1, 0.15) is 23.1 Å². The van der Waals surface area contributed by atoms with Gasteiger partial charge in [0.05, 0.1) is 12.2 Å². The van der Waals surface area contributed by atoms with Crippen molar-refractivity contribution < 1.29 is 10.2 Å². The second kappa shape index (κ2) is 4.41. The minimum atomic E-state index is -0.579. The summed E-state index contributed by atoms with van der Waals surface area (Å²) in [6.45, 7) is 2.00. The smallest absolute Gasteiger partial charge is 0.0938 e. The topological polar surface area (TPSA) is 43.7 Å². The molecule has 0 spiro atoms. The maximum absolute atomic E-state index is 9.51. The van der Waals surface area contributed by atoms with Crippen LogP contribution < -0.4 is 0 Å². The number of aliphatic hydroxyl groups is 2. The SMILES string of the molecule is O[C@@H]1CN(Cc2ccc3c(c2)CCC3)C[C@@H]1O. The van der Waals surface area contributed by atoms with E-state index in [0.717, 1.165) is 6.54 Å². The van der Waals surface area contributed by atoms with E-state index in [1.807, 2.05) is 0 Å². The Kier molecular flexibility index (Phi) is 2.90. The molecule has 1 aliphatic carbocycles. The van der Waals surface area contributed by atoms with Gasteiger partial charge in [0.25, 0.3) is 0 Å². The van der Waals surface area contributed by atoms with Crippen LogP contribution in [-0.2, 0) is 19.4 Å². The molecule has 0 aromatic heterocycles. The Labute approximate surface area is 102 Å². The average molecular weight is 233 g/mol. The molecule has 0 amide bonds. The van der Waals surface area contributed by atoms with E-state index < -0.39 is 12.2 Å². The number of nitrogens with zero attached hydrogens (tertiary/aromatic N) is 1. The van der Waals surface area contributed by atoms with Crippen LogP contribution in [0.4, 0.5) is 0 Å². The van der Waals surface area contributed by atoms with Crippen LogP contribution in [0.2, 0.25) is 0 Å². The summed E-state index contributed by atoms with van der Waals surface area (Å²) in [5, 5.41) is 19.0. The van der Waals surface area contributed by atoms with Crippen molar-refractivity contribution in [2.75, 3.05) is 13.1 Å². The standard InChI is InChI=1S/C14H19NO2/c16-13-8-15(9-14(13)17)7-10-4-5-11-2-1-3-12(11)6-10/h4-6,13-14,16-17H,1-3,7-9H2/t13-,14+. The van der Waals surface area contributed by atoms with E-state index in [9.17, 15) is 10.2 Å². The van der Waals surface area contributed by atoms with Gasteiger partial charge in [-0.15, -0.1) is 0 Å². The third-order valence-electron chi connectivity index (χ3n) is 3.90. The fraction of sp³-hybridized carbons (Fsp3) is 0.571. The molecule has 1 aliphatic heterocycles. The average Bonchev–Trinajstić information content (AvgIpc) is 2.86. The summed E-state index contributed by atoms with van der Waals surface area (Å²) in [6.07, 6.45) is 2.54. The van der Waals surface area contributed by atoms with Crippen LogP contribution in [0.3, 0.4) is 0 Å². The first kappa shape index (κ1) is 11.2. The van der Waals surface area contributed by atoms with Gasteiger partial charge in [-0.3, -0.25) is 4.90 Å². The Morgan fingerprint density at radius 3 is 2.53 bits per heavy atom. The van der Waals surface area contributed by atoms with Gasteiger partial charge in [-0.25, -0.2) is 0 Å². The van der Waals surface area contributed by atoms with Gasteiger partial charge in [-0.1, -0.05) is 18.2 Å². The molecule has 3 heteroatoms. The maximum atomic E-state index is 9.51. The number of aryl methyl sites for hydroxylation is 2. The van der Waals surface area contributed by atoms with Crippen LogP contribution in [0.25, 0.3) is 0 Å². The highest BCUT2D eigenvalue weighted by Gasteiger charge is 2.29. The molecule has 1 saturated heterocycles. The summed E-state index contributed by atoms with van der Waals surface area (Å²) >= 11 is 0. The normalized spacial score (nSPS) is 28.6. The van der Waals surface area contributed by atoms with Crippen molar-refractivity contribution in [3.05, 3.63) is 34.9 Å². The van der Waals surface area contributed by atoms with Gasteiger partial charge in [0.2, 0.25) is 0 Å². The van der Waals surface area contributed by atoms with Crippen molar-refractivity contribution in [1.29, 1.82) is 0 Å². The first-order valence-corrected chi connectivity index (χ1v) is 6.41. The van der Waals surface area contributed by atoms with E-state index in [-0.39, 0.29) is 0 Å². The van der Waals surface area contributed by atoms with Crippen molar-refractivity contribution in [1.82, 2.24) is 4.90 Å². The molecule has 17 heavy (non-hydrogen) atoms. The molecular weight excluding hydrogens is 214 g/mol. The highest BCUT2D eigenvalue weighted by atomic mass is 16.3. The van der Waals surface area contributed by atoms with Crippen LogP contribution in [0.5, 0.6) is 0 Å². The molecule has 0 saturated carbocycles. The lowest BCUT2D eigenvalue weighted by Crippen LogP contribution is -2.22. The van der Waals surface area contributed by atoms with Crippen molar-refractivity contribution >= 4 is 0 Å². The molecule has 1 heterocycles. The Hall–Kier alpha value is -0.900. The number of benzene rings is 1. The third-order valence-corrected chi connectivity index (χ3v) is 3.90. The molecule has 2 atom stereocenters.